The fraction of sp³-hybridized carbons (Fsp3) is 0.250. The number of carbonyl (C=O) groups is 1. The second kappa shape index (κ2) is 10.2. The van der Waals surface area contributed by atoms with Gasteiger partial charge in [0.15, 0.2) is 0 Å². The molecule has 4 heterocycles. The molecule has 0 aliphatic carbocycles. The molecule has 36 heavy (non-hydrogen) atoms. The minimum absolute atomic E-state index is 0.135. The first-order chi connectivity index (χ1) is 17.5. The van der Waals surface area contributed by atoms with Crippen LogP contribution in [-0.2, 0) is 11.3 Å². The van der Waals surface area contributed by atoms with Gasteiger partial charge in [0.2, 0.25) is 0 Å². The molecule has 0 unspecified atom stereocenters. The number of fused-ring (bicyclic) bond motifs is 1. The lowest BCUT2D eigenvalue weighted by Crippen LogP contribution is -2.34. The monoisotopic (exact) mass is 480 g/mol. The predicted molar refractivity (Wildman–Crippen MR) is 139 cm³/mol. The lowest BCUT2D eigenvalue weighted by Gasteiger charge is -2.28. The van der Waals surface area contributed by atoms with Crippen molar-refractivity contribution in [3.05, 3.63) is 95.3 Å². The molecule has 2 N–H and O–H groups in total. The molecule has 1 aliphatic rings. The summed E-state index contributed by atoms with van der Waals surface area (Å²) in [5.74, 6) is 0.925. The molecule has 4 aromatic rings. The Morgan fingerprint density at radius 1 is 1.14 bits per heavy atom. The third-order valence-electron chi connectivity index (χ3n) is 6.47. The first kappa shape index (κ1) is 23.6. The number of aryl methyl sites for hydroxylation is 1. The zero-order chi connectivity index (χ0) is 25.1. The highest BCUT2D eigenvalue weighted by molar-refractivity contribution is 5.98. The van der Waals surface area contributed by atoms with Crippen molar-refractivity contribution in [1.82, 2.24) is 24.8 Å². The van der Waals surface area contributed by atoms with E-state index in [0.717, 1.165) is 40.8 Å². The molecule has 1 atom stereocenters. The molecular weight excluding hydrogens is 452 g/mol. The minimum atomic E-state index is -0.361. The van der Waals surface area contributed by atoms with E-state index in [1.54, 1.807) is 29.4 Å². The number of amides is 1. The second-order valence-electron chi connectivity index (χ2n) is 8.91. The van der Waals surface area contributed by atoms with Crippen LogP contribution in [0, 0.1) is 6.92 Å². The Labute approximate surface area is 209 Å². The molecule has 1 amide bonds. The van der Waals surface area contributed by atoms with Gasteiger partial charge >= 0.3 is 0 Å². The molecule has 1 aliphatic heterocycles. The largest absolute Gasteiger partial charge is 0.383 e. The number of carbonyl (C=O) groups excluding carboxylic acids is 1. The van der Waals surface area contributed by atoms with E-state index < -0.39 is 0 Å². The van der Waals surface area contributed by atoms with Gasteiger partial charge in [-0.2, -0.15) is 0 Å². The van der Waals surface area contributed by atoms with Gasteiger partial charge in [-0.15, -0.1) is 0 Å². The molecule has 0 fully saturated rings. The van der Waals surface area contributed by atoms with E-state index >= 15 is 0 Å². The number of pyridine rings is 2. The molecule has 0 bridgehead atoms. The van der Waals surface area contributed by atoms with Gasteiger partial charge in [-0.05, 0) is 73.4 Å². The minimum Gasteiger partial charge on any atom is -0.383 e. The zero-order valence-corrected chi connectivity index (χ0v) is 20.4. The van der Waals surface area contributed by atoms with Crippen molar-refractivity contribution in [2.75, 3.05) is 18.9 Å². The third kappa shape index (κ3) is 4.94. The van der Waals surface area contributed by atoms with E-state index in [4.69, 9.17) is 10.5 Å². The summed E-state index contributed by atoms with van der Waals surface area (Å²) < 4.78 is 5.41. The summed E-state index contributed by atoms with van der Waals surface area (Å²) in [6.07, 6.45) is 8.20. The Hall–Kier alpha value is -4.17. The normalized spacial score (nSPS) is 14.3. The number of aromatic nitrogens is 4. The SMILES string of the molecule is Cc1cc2cc(C(=O)N(Cc3ccc(C4=CCOCC4)cn3)[C@H](C)c3ncccn3)ccc2nc1N. The summed E-state index contributed by atoms with van der Waals surface area (Å²) in [7, 11) is 0. The number of nitrogen functional groups attached to an aromatic ring is 1. The molecule has 1 aromatic carbocycles. The average Bonchev–Trinajstić information content (AvgIpc) is 2.93. The van der Waals surface area contributed by atoms with Crippen LogP contribution in [0.3, 0.4) is 0 Å². The summed E-state index contributed by atoms with van der Waals surface area (Å²) >= 11 is 0. The summed E-state index contributed by atoms with van der Waals surface area (Å²) in [5.41, 5.74) is 11.2. The molecule has 5 rings (SSSR count). The highest BCUT2D eigenvalue weighted by atomic mass is 16.5. The smallest absolute Gasteiger partial charge is 0.254 e. The number of anilines is 1. The molecule has 0 spiro atoms. The first-order valence-corrected chi connectivity index (χ1v) is 12.0. The number of hydrogen-bond acceptors (Lipinski definition) is 7. The van der Waals surface area contributed by atoms with Crippen LogP contribution in [0.5, 0.6) is 0 Å². The van der Waals surface area contributed by atoms with Crippen molar-refractivity contribution in [3.8, 4) is 0 Å². The summed E-state index contributed by atoms with van der Waals surface area (Å²) in [6, 6.07) is 12.9. The van der Waals surface area contributed by atoms with Gasteiger partial charge in [0.1, 0.15) is 11.6 Å². The van der Waals surface area contributed by atoms with Crippen molar-refractivity contribution in [3.63, 3.8) is 0 Å². The summed E-state index contributed by atoms with van der Waals surface area (Å²) in [4.78, 5) is 33.5. The van der Waals surface area contributed by atoms with Gasteiger partial charge in [0, 0.05) is 29.5 Å². The lowest BCUT2D eigenvalue weighted by molar-refractivity contribution is 0.0663. The number of hydrogen-bond donors (Lipinski definition) is 1. The van der Waals surface area contributed by atoms with E-state index in [1.165, 1.54) is 5.57 Å². The molecular formula is C28H28N6O2. The molecule has 0 saturated heterocycles. The fourth-order valence-electron chi connectivity index (χ4n) is 4.32. The van der Waals surface area contributed by atoms with Crippen molar-refractivity contribution in [1.29, 1.82) is 0 Å². The molecule has 8 heteroatoms. The van der Waals surface area contributed by atoms with Crippen molar-refractivity contribution >= 4 is 28.2 Å². The highest BCUT2D eigenvalue weighted by Gasteiger charge is 2.26. The summed E-state index contributed by atoms with van der Waals surface area (Å²) in [6.45, 7) is 5.50. The Bertz CT molecular complexity index is 1420. The number of nitrogens with zero attached hydrogens (tertiary/aromatic N) is 5. The quantitative estimate of drug-likeness (QED) is 0.432. The Kier molecular flexibility index (Phi) is 6.69. The van der Waals surface area contributed by atoms with Crippen molar-refractivity contribution < 1.29 is 9.53 Å². The number of rotatable bonds is 6. The Balaban J connectivity index is 1.46. The highest BCUT2D eigenvalue weighted by Crippen LogP contribution is 2.26. The van der Waals surface area contributed by atoms with Crippen LogP contribution in [-0.4, -0.2) is 44.0 Å². The van der Waals surface area contributed by atoms with Crippen LogP contribution in [0.2, 0.25) is 0 Å². The maximum Gasteiger partial charge on any atom is 0.254 e. The van der Waals surface area contributed by atoms with Gasteiger partial charge < -0.3 is 15.4 Å². The Morgan fingerprint density at radius 3 is 2.69 bits per heavy atom. The molecule has 0 radical (unpaired) electrons. The van der Waals surface area contributed by atoms with E-state index in [2.05, 4.69) is 32.1 Å². The van der Waals surface area contributed by atoms with Crippen LogP contribution >= 0.6 is 0 Å². The van der Waals surface area contributed by atoms with Crippen molar-refractivity contribution in [2.45, 2.75) is 32.9 Å². The standard InChI is InChI=1S/C28H28N6O2/c1-18-14-23-15-21(5-7-25(23)33-26(18)29)28(35)34(19(2)27-30-10-3-11-31-27)17-24-6-4-22(16-32-24)20-8-12-36-13-9-20/h3-8,10-11,14-16,19H,9,12-13,17H2,1-2H3,(H2,29,33)/t19-/m1/s1. The third-order valence-corrected chi connectivity index (χ3v) is 6.47. The molecule has 3 aromatic heterocycles. The van der Waals surface area contributed by atoms with Crippen LogP contribution in [0.15, 0.2) is 67.1 Å². The van der Waals surface area contributed by atoms with Gasteiger partial charge in [-0.3, -0.25) is 9.78 Å². The number of benzene rings is 1. The van der Waals surface area contributed by atoms with Crippen molar-refractivity contribution in [2.24, 2.45) is 0 Å². The Morgan fingerprint density at radius 2 is 1.97 bits per heavy atom. The topological polar surface area (TPSA) is 107 Å². The fourth-order valence-corrected chi connectivity index (χ4v) is 4.32. The maximum atomic E-state index is 13.8. The summed E-state index contributed by atoms with van der Waals surface area (Å²) in [5, 5.41) is 0.864. The molecule has 8 nitrogen and oxygen atoms in total. The van der Waals surface area contributed by atoms with Crippen LogP contribution in [0.1, 0.15) is 52.4 Å². The second-order valence-corrected chi connectivity index (χ2v) is 8.91. The van der Waals surface area contributed by atoms with Crippen LogP contribution in [0.4, 0.5) is 5.82 Å². The number of ether oxygens (including phenoxy) is 1. The van der Waals surface area contributed by atoms with E-state index in [1.807, 2.05) is 44.3 Å². The average molecular weight is 481 g/mol. The molecule has 0 saturated carbocycles. The van der Waals surface area contributed by atoms with E-state index in [-0.39, 0.29) is 11.9 Å². The van der Waals surface area contributed by atoms with Gasteiger partial charge in [-0.1, -0.05) is 12.1 Å². The predicted octanol–water partition coefficient (Wildman–Crippen LogP) is 4.52. The van der Waals surface area contributed by atoms with Gasteiger partial charge in [-0.25, -0.2) is 15.0 Å². The lowest BCUT2D eigenvalue weighted by atomic mass is 10.0. The number of nitrogens with two attached hydrogens (primary N) is 1. The van der Waals surface area contributed by atoms with Gasteiger partial charge in [0.25, 0.3) is 5.91 Å². The zero-order valence-electron chi connectivity index (χ0n) is 20.4. The maximum absolute atomic E-state index is 13.8. The first-order valence-electron chi connectivity index (χ1n) is 12.0. The van der Waals surface area contributed by atoms with Crippen LogP contribution < -0.4 is 5.73 Å². The van der Waals surface area contributed by atoms with Gasteiger partial charge in [0.05, 0.1) is 37.0 Å². The van der Waals surface area contributed by atoms with E-state index in [0.29, 0.717) is 30.4 Å². The van der Waals surface area contributed by atoms with E-state index in [9.17, 15) is 4.79 Å². The van der Waals surface area contributed by atoms with Crippen LogP contribution in [0.25, 0.3) is 16.5 Å². The molecule has 182 valence electrons.